The van der Waals surface area contributed by atoms with Gasteiger partial charge in [-0.1, -0.05) is 12.8 Å². The van der Waals surface area contributed by atoms with E-state index >= 15 is 0 Å². The Bertz CT molecular complexity index is 181. The molecule has 0 nitrogen and oxygen atoms in total. The van der Waals surface area contributed by atoms with E-state index < -0.39 is 0 Å². The van der Waals surface area contributed by atoms with Crippen LogP contribution in [0.3, 0.4) is 0 Å². The van der Waals surface area contributed by atoms with Gasteiger partial charge in [0.25, 0.3) is 0 Å². The summed E-state index contributed by atoms with van der Waals surface area (Å²) in [5.41, 5.74) is 1.50. The molecule has 0 aromatic heterocycles. The van der Waals surface area contributed by atoms with Crippen molar-refractivity contribution in [3.63, 3.8) is 0 Å². The molecule has 0 heterocycles. The van der Waals surface area contributed by atoms with Crippen LogP contribution in [0.1, 0.15) is 32.1 Å². The zero-order chi connectivity index (χ0) is 6.81. The molecule has 0 radical (unpaired) electrons. The second kappa shape index (κ2) is 8.46. The topological polar surface area (TPSA) is 0 Å². The third-order valence-electron chi connectivity index (χ3n) is 2.52. The van der Waals surface area contributed by atoms with Gasteiger partial charge in [0.2, 0.25) is 0 Å². The Morgan fingerprint density at radius 2 is 1.77 bits per heavy atom. The molecular weight excluding hydrogens is 328 g/mol. The van der Waals surface area contributed by atoms with Crippen molar-refractivity contribution < 1.29 is 21.7 Å². The molecule has 2 rings (SSSR count). The van der Waals surface area contributed by atoms with Crippen molar-refractivity contribution >= 4 is 34.0 Å². The maximum Gasteiger partial charge on any atom is 0 e. The first-order chi connectivity index (χ1) is 4.97. The van der Waals surface area contributed by atoms with Crippen LogP contribution in [0.5, 0.6) is 0 Å². The van der Waals surface area contributed by atoms with Crippen LogP contribution in [0.15, 0.2) is 17.7 Å². The molecule has 13 heavy (non-hydrogen) atoms. The van der Waals surface area contributed by atoms with Crippen LogP contribution < -0.4 is 0 Å². The smallest absolute Gasteiger partial charge is 0 e. The Hall–Kier alpha value is 1.15. The number of rotatable bonds is 1. The van der Waals surface area contributed by atoms with E-state index in [1.54, 1.807) is 0 Å². The van der Waals surface area contributed by atoms with Gasteiger partial charge in [-0.15, -0.1) is 40.4 Å². The van der Waals surface area contributed by atoms with Gasteiger partial charge >= 0.3 is 0 Å². The van der Waals surface area contributed by atoms with Gasteiger partial charge in [0, 0.05) is 21.7 Å². The first-order valence-electron chi connectivity index (χ1n) is 4.24. The van der Waals surface area contributed by atoms with E-state index in [-0.39, 0.29) is 55.7 Å². The van der Waals surface area contributed by atoms with E-state index in [1.807, 2.05) is 0 Å². The summed E-state index contributed by atoms with van der Waals surface area (Å²) in [5, 5.41) is 0. The average molecular weight is 343 g/mol. The molecule has 0 aliphatic heterocycles. The molecule has 0 spiro atoms. The summed E-state index contributed by atoms with van der Waals surface area (Å²) in [4.78, 5) is 0. The van der Waals surface area contributed by atoms with E-state index in [2.05, 4.69) is 18.2 Å². The van der Waals surface area contributed by atoms with Crippen LogP contribution in [0.4, 0.5) is 0 Å². The van der Waals surface area contributed by atoms with Crippen LogP contribution >= 0.6 is 34.0 Å². The maximum absolute atomic E-state index is 3.40. The van der Waals surface area contributed by atoms with Crippen LogP contribution in [0, 0.1) is 12.0 Å². The molecule has 3 heteroatoms. The fraction of sp³-hybridized carbons (Fsp3) is 0.600. The molecule has 74 valence electrons. The SMILES string of the molecule is Br.Br.[C-]1=C(C2CCCC2)C=CC1.[Ti]. The Labute approximate surface area is 117 Å². The van der Waals surface area contributed by atoms with Crippen molar-refractivity contribution in [1.82, 2.24) is 0 Å². The third kappa shape index (κ3) is 4.46. The Kier molecular flexibility index (Phi) is 10.8. The third-order valence-corrected chi connectivity index (χ3v) is 2.52. The number of allylic oxidation sites excluding steroid dienone is 4. The molecule has 0 atom stereocenters. The zero-order valence-electron chi connectivity index (χ0n) is 7.58. The van der Waals surface area contributed by atoms with Crippen molar-refractivity contribution in [3.8, 4) is 0 Å². The summed E-state index contributed by atoms with van der Waals surface area (Å²) in [5.74, 6) is 0.874. The van der Waals surface area contributed by atoms with E-state index in [9.17, 15) is 0 Å². The van der Waals surface area contributed by atoms with E-state index in [0.717, 1.165) is 12.3 Å². The molecule has 0 amide bonds. The molecule has 0 unspecified atom stereocenters. The van der Waals surface area contributed by atoms with Gasteiger partial charge < -0.3 is 0 Å². The maximum atomic E-state index is 3.40. The summed E-state index contributed by atoms with van der Waals surface area (Å²) in [6, 6.07) is 0. The normalized spacial score (nSPS) is 19.8. The van der Waals surface area contributed by atoms with Crippen LogP contribution in [0.2, 0.25) is 0 Å². The first kappa shape index (κ1) is 16.6. The first-order valence-corrected chi connectivity index (χ1v) is 4.24. The molecule has 0 N–H and O–H groups in total. The molecule has 2 aliphatic carbocycles. The Balaban J connectivity index is 0. The predicted molar refractivity (Wildman–Crippen MR) is 63.1 cm³/mol. The number of hydrogen-bond acceptors (Lipinski definition) is 0. The fourth-order valence-corrected chi connectivity index (χ4v) is 1.94. The van der Waals surface area contributed by atoms with E-state index in [1.165, 1.54) is 31.3 Å². The summed E-state index contributed by atoms with van der Waals surface area (Å²) in [7, 11) is 0. The largest absolute Gasteiger partial charge is 0.269 e. The van der Waals surface area contributed by atoms with Crippen molar-refractivity contribution in [3.05, 3.63) is 23.8 Å². The second-order valence-electron chi connectivity index (χ2n) is 3.22. The molecule has 0 bridgehead atoms. The van der Waals surface area contributed by atoms with Gasteiger partial charge in [0.1, 0.15) is 0 Å². The van der Waals surface area contributed by atoms with E-state index in [4.69, 9.17) is 0 Å². The van der Waals surface area contributed by atoms with Gasteiger partial charge in [-0.25, -0.2) is 11.6 Å². The van der Waals surface area contributed by atoms with Gasteiger partial charge in [-0.2, -0.15) is 6.08 Å². The minimum atomic E-state index is 0. The fourth-order valence-electron chi connectivity index (χ4n) is 1.94. The molecule has 0 aromatic rings. The van der Waals surface area contributed by atoms with Crippen LogP contribution in [0.25, 0.3) is 0 Å². The monoisotopic (exact) mass is 341 g/mol. The zero-order valence-corrected chi connectivity index (χ0v) is 12.6. The summed E-state index contributed by atoms with van der Waals surface area (Å²) >= 11 is 0. The minimum absolute atomic E-state index is 0. The quantitative estimate of drug-likeness (QED) is 0.499. The standard InChI is InChI=1S/C10H13.2BrH.Ti/c1-2-6-9(5-1)10-7-3-4-8-10;;;/h1,5,10H,2-4,7-8H2;2*1H;/q-1;;;. The number of hydrogen-bond donors (Lipinski definition) is 0. The average Bonchev–Trinajstić information content (AvgIpc) is 2.59. The Morgan fingerprint density at radius 1 is 1.15 bits per heavy atom. The Morgan fingerprint density at radius 3 is 2.23 bits per heavy atom. The van der Waals surface area contributed by atoms with Gasteiger partial charge in [-0.3, -0.25) is 6.08 Å². The van der Waals surface area contributed by atoms with Gasteiger partial charge in [-0.05, 0) is 18.8 Å². The summed E-state index contributed by atoms with van der Waals surface area (Å²) in [6.07, 6.45) is 14.6. The van der Waals surface area contributed by atoms with Crippen LogP contribution in [-0.2, 0) is 21.7 Å². The van der Waals surface area contributed by atoms with Crippen molar-refractivity contribution in [2.45, 2.75) is 32.1 Å². The van der Waals surface area contributed by atoms with E-state index in [0.29, 0.717) is 0 Å². The second-order valence-corrected chi connectivity index (χ2v) is 3.22. The predicted octanol–water partition coefficient (Wildman–Crippen LogP) is 4.02. The minimum Gasteiger partial charge on any atom is -0.269 e. The van der Waals surface area contributed by atoms with Gasteiger partial charge in [0.05, 0.1) is 0 Å². The number of halogens is 2. The van der Waals surface area contributed by atoms with Crippen molar-refractivity contribution in [2.24, 2.45) is 5.92 Å². The molecule has 1 saturated carbocycles. The van der Waals surface area contributed by atoms with Gasteiger partial charge in [0.15, 0.2) is 0 Å². The molecule has 1 fully saturated rings. The van der Waals surface area contributed by atoms with Crippen LogP contribution in [-0.4, -0.2) is 0 Å². The summed E-state index contributed by atoms with van der Waals surface area (Å²) < 4.78 is 0. The van der Waals surface area contributed by atoms with Crippen molar-refractivity contribution in [2.75, 3.05) is 0 Å². The molecule has 0 aromatic carbocycles. The molecule has 0 saturated heterocycles. The molecule has 2 aliphatic rings. The molecular formula is C10H15Br2Ti-. The summed E-state index contributed by atoms with van der Waals surface area (Å²) in [6.45, 7) is 0. The van der Waals surface area contributed by atoms with Crippen molar-refractivity contribution in [1.29, 1.82) is 0 Å².